The first-order valence-corrected chi connectivity index (χ1v) is 6.06. The molecule has 5 nitrogen and oxygen atoms in total. The Morgan fingerprint density at radius 1 is 1.37 bits per heavy atom. The minimum absolute atomic E-state index is 0.254. The van der Waals surface area contributed by atoms with E-state index in [4.69, 9.17) is 0 Å². The predicted molar refractivity (Wildman–Crippen MR) is 67.3 cm³/mol. The van der Waals surface area contributed by atoms with Crippen LogP contribution in [0.15, 0.2) is 29.2 Å². The summed E-state index contributed by atoms with van der Waals surface area (Å²) in [5.74, 6) is -3.11. The summed E-state index contributed by atoms with van der Waals surface area (Å²) in [6, 6.07) is 6.17. The molecule has 19 heavy (non-hydrogen) atoms. The van der Waals surface area contributed by atoms with E-state index in [0.717, 1.165) is 0 Å². The smallest absolute Gasteiger partial charge is 0.407 e. The van der Waals surface area contributed by atoms with Gasteiger partial charge in [0, 0.05) is 4.90 Å². The summed E-state index contributed by atoms with van der Waals surface area (Å²) in [6.07, 6.45) is -0.745. The zero-order valence-corrected chi connectivity index (χ0v) is 10.8. The van der Waals surface area contributed by atoms with Gasteiger partial charge in [-0.05, 0) is 12.1 Å². The van der Waals surface area contributed by atoms with Gasteiger partial charge in [0.25, 0.3) is 5.76 Å². The fourth-order valence-corrected chi connectivity index (χ4v) is 1.78. The lowest BCUT2D eigenvalue weighted by molar-refractivity contribution is -0.115. The number of hydrogen-bond acceptors (Lipinski definition) is 4. The highest BCUT2D eigenvalue weighted by molar-refractivity contribution is 7.99. The van der Waals surface area contributed by atoms with Crippen molar-refractivity contribution >= 4 is 29.4 Å². The maximum atomic E-state index is 12.3. The van der Waals surface area contributed by atoms with E-state index in [1.54, 1.807) is 12.1 Å². The normalized spacial score (nSPS) is 10.1. The van der Waals surface area contributed by atoms with Crippen molar-refractivity contribution in [1.82, 2.24) is 5.32 Å². The lowest BCUT2D eigenvalue weighted by Gasteiger charge is -2.10. The topological polar surface area (TPSA) is 67.4 Å². The first-order valence-electron chi connectivity index (χ1n) is 5.18. The van der Waals surface area contributed by atoms with Crippen LogP contribution in [-0.4, -0.2) is 31.4 Å². The number of alkyl carbamates (subject to hydrolysis) is 1. The first-order chi connectivity index (χ1) is 9.02. The third-order valence-electron chi connectivity index (χ3n) is 1.96. The molecular formula is C11H12F2N2O3S. The first kappa shape index (κ1) is 15.2. The van der Waals surface area contributed by atoms with Gasteiger partial charge in [0.05, 0.1) is 12.8 Å². The number of thioether (sulfide) groups is 1. The number of carbonyl (C=O) groups is 2. The van der Waals surface area contributed by atoms with E-state index in [1.807, 2.05) is 0 Å². The minimum atomic E-state index is -2.58. The van der Waals surface area contributed by atoms with Crippen LogP contribution in [0.1, 0.15) is 0 Å². The van der Waals surface area contributed by atoms with Gasteiger partial charge < -0.3 is 15.4 Å². The Labute approximate surface area is 112 Å². The number of ether oxygens (including phenoxy) is 1. The summed E-state index contributed by atoms with van der Waals surface area (Å²) in [5, 5.41) is 4.62. The molecule has 0 aliphatic rings. The molecule has 0 aromatic heterocycles. The number of hydrogen-bond donors (Lipinski definition) is 2. The number of para-hydroxylation sites is 1. The Bertz CT molecular complexity index is 457. The van der Waals surface area contributed by atoms with Crippen molar-refractivity contribution in [2.45, 2.75) is 10.7 Å². The van der Waals surface area contributed by atoms with Crippen LogP contribution in [-0.2, 0) is 9.53 Å². The maximum Gasteiger partial charge on any atom is 0.407 e. The molecule has 0 bridgehead atoms. The van der Waals surface area contributed by atoms with Crippen LogP contribution in [0.4, 0.5) is 19.3 Å². The van der Waals surface area contributed by atoms with E-state index in [-0.39, 0.29) is 17.1 Å². The van der Waals surface area contributed by atoms with Gasteiger partial charge >= 0.3 is 6.09 Å². The minimum Gasteiger partial charge on any atom is -0.453 e. The monoisotopic (exact) mass is 290 g/mol. The molecule has 0 fully saturated rings. The molecule has 1 aromatic rings. The predicted octanol–water partition coefficient (Wildman–Crippen LogP) is 2.30. The van der Waals surface area contributed by atoms with E-state index in [1.165, 1.54) is 19.2 Å². The van der Waals surface area contributed by atoms with Crippen LogP contribution in [0.3, 0.4) is 0 Å². The Kier molecular flexibility index (Phi) is 6.07. The highest BCUT2D eigenvalue weighted by Crippen LogP contribution is 2.31. The van der Waals surface area contributed by atoms with Gasteiger partial charge in [-0.15, -0.1) is 0 Å². The van der Waals surface area contributed by atoms with Crippen molar-refractivity contribution in [2.24, 2.45) is 0 Å². The number of alkyl halides is 2. The molecule has 1 rings (SSSR count). The van der Waals surface area contributed by atoms with Crippen LogP contribution >= 0.6 is 11.8 Å². The van der Waals surface area contributed by atoms with E-state index in [9.17, 15) is 18.4 Å². The number of methoxy groups -OCH3 is 1. The summed E-state index contributed by atoms with van der Waals surface area (Å²) in [6.45, 7) is -0.305. The van der Waals surface area contributed by atoms with Gasteiger partial charge in [-0.3, -0.25) is 4.79 Å². The second-order valence-electron chi connectivity index (χ2n) is 3.27. The number of halogens is 2. The van der Waals surface area contributed by atoms with Crippen molar-refractivity contribution in [2.75, 3.05) is 19.0 Å². The molecule has 2 N–H and O–H groups in total. The van der Waals surface area contributed by atoms with Crippen LogP contribution in [0.5, 0.6) is 0 Å². The summed E-state index contributed by atoms with van der Waals surface area (Å²) in [4.78, 5) is 22.5. The Morgan fingerprint density at radius 2 is 2.05 bits per heavy atom. The third-order valence-corrected chi connectivity index (χ3v) is 2.74. The third kappa shape index (κ3) is 5.56. The lowest BCUT2D eigenvalue weighted by Crippen LogP contribution is -2.32. The number of amides is 2. The number of carbonyl (C=O) groups excluding carboxylic acids is 2. The van der Waals surface area contributed by atoms with Crippen molar-refractivity contribution in [3.63, 3.8) is 0 Å². The fraction of sp³-hybridized carbons (Fsp3) is 0.273. The molecule has 2 amide bonds. The van der Waals surface area contributed by atoms with E-state index in [2.05, 4.69) is 15.4 Å². The fourth-order valence-electron chi connectivity index (χ4n) is 1.19. The average Bonchev–Trinajstić information content (AvgIpc) is 2.37. The summed E-state index contributed by atoms with van der Waals surface area (Å²) < 4.78 is 28.9. The van der Waals surface area contributed by atoms with Gasteiger partial charge in [0.15, 0.2) is 0 Å². The summed E-state index contributed by atoms with van der Waals surface area (Å²) in [5.41, 5.74) is 0.268. The molecule has 104 valence electrons. The maximum absolute atomic E-state index is 12.3. The molecule has 0 radical (unpaired) electrons. The zero-order chi connectivity index (χ0) is 14.3. The van der Waals surface area contributed by atoms with E-state index >= 15 is 0 Å². The second-order valence-corrected chi connectivity index (χ2v) is 4.30. The lowest BCUT2D eigenvalue weighted by atomic mass is 10.3. The molecular weight excluding hydrogens is 278 g/mol. The van der Waals surface area contributed by atoms with Crippen LogP contribution < -0.4 is 10.6 Å². The Balaban J connectivity index is 2.61. The van der Waals surface area contributed by atoms with Gasteiger partial charge in [0.2, 0.25) is 5.91 Å². The molecule has 0 aliphatic carbocycles. The second kappa shape index (κ2) is 7.57. The van der Waals surface area contributed by atoms with E-state index in [0.29, 0.717) is 11.8 Å². The zero-order valence-electron chi connectivity index (χ0n) is 9.98. The molecule has 0 atom stereocenters. The van der Waals surface area contributed by atoms with Gasteiger partial charge in [-0.25, -0.2) is 4.79 Å². The van der Waals surface area contributed by atoms with Crippen molar-refractivity contribution in [3.05, 3.63) is 24.3 Å². The van der Waals surface area contributed by atoms with Gasteiger partial charge in [-0.1, -0.05) is 23.9 Å². The molecule has 0 spiro atoms. The average molecular weight is 290 g/mol. The molecule has 0 heterocycles. The van der Waals surface area contributed by atoms with Crippen LogP contribution in [0.25, 0.3) is 0 Å². The van der Waals surface area contributed by atoms with Crippen LogP contribution in [0, 0.1) is 0 Å². The Hall–Kier alpha value is -1.83. The van der Waals surface area contributed by atoms with E-state index < -0.39 is 17.8 Å². The molecule has 0 aliphatic heterocycles. The molecule has 0 saturated heterocycles. The highest BCUT2D eigenvalue weighted by atomic mass is 32.2. The van der Waals surface area contributed by atoms with Crippen molar-refractivity contribution < 1.29 is 23.1 Å². The molecule has 1 aromatic carbocycles. The molecule has 0 unspecified atom stereocenters. The van der Waals surface area contributed by atoms with Crippen molar-refractivity contribution in [3.8, 4) is 0 Å². The number of anilines is 1. The summed E-state index contributed by atoms with van der Waals surface area (Å²) >= 11 is 0.336. The Morgan fingerprint density at radius 3 is 2.68 bits per heavy atom. The SMILES string of the molecule is COC(=O)NCC(=O)Nc1ccccc1SC(F)F. The standard InChI is InChI=1S/C11H12F2N2O3S/c1-18-11(17)14-6-9(16)15-7-4-2-3-5-8(7)19-10(12)13/h2-5,10H,6H2,1H3,(H,14,17)(H,15,16). The van der Waals surface area contributed by atoms with Crippen molar-refractivity contribution in [1.29, 1.82) is 0 Å². The number of benzene rings is 1. The quantitative estimate of drug-likeness (QED) is 0.817. The van der Waals surface area contributed by atoms with Crippen LogP contribution in [0.2, 0.25) is 0 Å². The number of nitrogens with one attached hydrogen (secondary N) is 2. The molecule has 0 saturated carbocycles. The summed E-state index contributed by atoms with van der Waals surface area (Å²) in [7, 11) is 1.17. The largest absolute Gasteiger partial charge is 0.453 e. The van der Waals surface area contributed by atoms with Gasteiger partial charge in [-0.2, -0.15) is 8.78 Å². The van der Waals surface area contributed by atoms with Gasteiger partial charge in [0.1, 0.15) is 6.54 Å². The number of rotatable bonds is 5. The molecule has 8 heteroatoms. The highest BCUT2D eigenvalue weighted by Gasteiger charge is 2.12.